The lowest BCUT2D eigenvalue weighted by atomic mass is 10.1. The minimum atomic E-state index is -0.419. The summed E-state index contributed by atoms with van der Waals surface area (Å²) in [5.41, 5.74) is 1.96. The molecule has 22 heavy (non-hydrogen) atoms. The number of rotatable bonds is 2. The summed E-state index contributed by atoms with van der Waals surface area (Å²) in [5, 5.41) is 7.84. The summed E-state index contributed by atoms with van der Waals surface area (Å²) in [6.45, 7) is 0.546. The van der Waals surface area contributed by atoms with Crippen molar-refractivity contribution in [3.63, 3.8) is 0 Å². The van der Waals surface area contributed by atoms with Gasteiger partial charge in [0, 0.05) is 5.56 Å². The van der Waals surface area contributed by atoms with E-state index in [1.807, 2.05) is 12.1 Å². The Morgan fingerprint density at radius 2 is 2.23 bits per heavy atom. The van der Waals surface area contributed by atoms with E-state index in [-0.39, 0.29) is 13.2 Å². The molecular weight excluding hydrogens is 286 g/mol. The van der Waals surface area contributed by atoms with Gasteiger partial charge in [-0.2, -0.15) is 0 Å². The topological polar surface area (TPSA) is 75.5 Å². The Labute approximate surface area is 127 Å². The van der Waals surface area contributed by atoms with Gasteiger partial charge in [0.2, 0.25) is 0 Å². The fourth-order valence-corrected chi connectivity index (χ4v) is 2.28. The van der Waals surface area contributed by atoms with Gasteiger partial charge in [-0.05, 0) is 12.1 Å². The van der Waals surface area contributed by atoms with Crippen molar-refractivity contribution in [1.82, 2.24) is 15.0 Å². The third-order valence-corrected chi connectivity index (χ3v) is 3.39. The summed E-state index contributed by atoms with van der Waals surface area (Å²) < 4.78 is 17.6. The van der Waals surface area contributed by atoms with E-state index in [1.54, 1.807) is 30.1 Å². The van der Waals surface area contributed by atoms with E-state index in [1.165, 1.54) is 7.11 Å². The zero-order valence-electron chi connectivity index (χ0n) is 12.3. The summed E-state index contributed by atoms with van der Waals surface area (Å²) in [6.07, 6.45) is 3.33. The normalized spacial score (nSPS) is 15.8. The molecule has 2 aromatic rings. The quantitative estimate of drug-likeness (QED) is 0.781. The molecule has 0 unspecified atom stereocenters. The average Bonchev–Trinajstić information content (AvgIpc) is 3.00. The number of aromatic nitrogens is 3. The Morgan fingerprint density at radius 1 is 1.36 bits per heavy atom. The van der Waals surface area contributed by atoms with E-state index < -0.39 is 5.97 Å². The van der Waals surface area contributed by atoms with Crippen molar-refractivity contribution in [2.24, 2.45) is 0 Å². The zero-order valence-corrected chi connectivity index (χ0v) is 12.3. The third-order valence-electron chi connectivity index (χ3n) is 3.39. The summed E-state index contributed by atoms with van der Waals surface area (Å²) in [5.74, 6) is 0.747. The van der Waals surface area contributed by atoms with Crippen molar-refractivity contribution in [2.75, 3.05) is 14.2 Å². The molecule has 0 aliphatic carbocycles. The molecule has 114 valence electrons. The van der Waals surface area contributed by atoms with Crippen LogP contribution >= 0.6 is 0 Å². The fourth-order valence-electron chi connectivity index (χ4n) is 2.28. The van der Waals surface area contributed by atoms with Crippen LogP contribution in [0.4, 0.5) is 0 Å². The molecular formula is C15H15N3O4. The van der Waals surface area contributed by atoms with Crippen LogP contribution in [0.1, 0.15) is 11.3 Å². The van der Waals surface area contributed by atoms with Gasteiger partial charge in [-0.15, -0.1) is 5.10 Å². The Bertz CT molecular complexity index is 736. The Kier molecular flexibility index (Phi) is 3.78. The number of hydrogen-bond acceptors (Lipinski definition) is 6. The second-order valence-electron chi connectivity index (χ2n) is 4.71. The third kappa shape index (κ3) is 2.52. The molecule has 0 radical (unpaired) electrons. The number of carbonyl (C=O) groups excluding carboxylic acids is 1. The van der Waals surface area contributed by atoms with Gasteiger partial charge in [-0.3, -0.25) is 0 Å². The van der Waals surface area contributed by atoms with Crippen LogP contribution in [-0.4, -0.2) is 35.2 Å². The molecule has 3 rings (SSSR count). The first-order chi connectivity index (χ1) is 10.7. The molecule has 7 heteroatoms. The van der Waals surface area contributed by atoms with Crippen molar-refractivity contribution in [1.29, 1.82) is 0 Å². The molecule has 1 aromatic carbocycles. The van der Waals surface area contributed by atoms with Gasteiger partial charge in [0.25, 0.3) is 0 Å². The van der Waals surface area contributed by atoms with Gasteiger partial charge in [0.15, 0.2) is 11.5 Å². The molecule has 0 bridgehead atoms. The molecule has 0 amide bonds. The number of hydrogen-bond donors (Lipinski definition) is 0. The molecule has 2 heterocycles. The highest BCUT2D eigenvalue weighted by Crippen LogP contribution is 2.34. The lowest BCUT2D eigenvalue weighted by Gasteiger charge is -2.12. The van der Waals surface area contributed by atoms with Gasteiger partial charge in [-0.25, -0.2) is 9.48 Å². The van der Waals surface area contributed by atoms with Crippen LogP contribution in [0.25, 0.3) is 6.08 Å². The number of esters is 1. The molecule has 7 nitrogen and oxygen atoms in total. The van der Waals surface area contributed by atoms with Gasteiger partial charge in [0.05, 0.1) is 38.2 Å². The molecule has 1 aliphatic heterocycles. The van der Waals surface area contributed by atoms with Crippen LogP contribution in [0.2, 0.25) is 0 Å². The summed E-state index contributed by atoms with van der Waals surface area (Å²) in [7, 11) is 2.92. The largest absolute Gasteiger partial charge is 0.493 e. The Morgan fingerprint density at radius 3 is 3.00 bits per heavy atom. The van der Waals surface area contributed by atoms with Crippen molar-refractivity contribution in [3.05, 3.63) is 41.2 Å². The van der Waals surface area contributed by atoms with Gasteiger partial charge in [-0.1, -0.05) is 17.3 Å². The lowest BCUT2D eigenvalue weighted by Crippen LogP contribution is -2.14. The van der Waals surface area contributed by atoms with Gasteiger partial charge < -0.3 is 14.2 Å². The summed E-state index contributed by atoms with van der Waals surface area (Å²) in [6, 6.07) is 5.50. The number of para-hydroxylation sites is 1. The number of nitrogens with zero attached hydrogens (tertiary/aromatic N) is 3. The van der Waals surface area contributed by atoms with Gasteiger partial charge >= 0.3 is 5.97 Å². The van der Waals surface area contributed by atoms with E-state index >= 15 is 0 Å². The minimum Gasteiger partial charge on any atom is -0.493 e. The standard InChI is InChI=1S/C15H15N3O4/c1-20-13-5-3-4-10-6-11(15(19)21-2)8-18-12(7-16-17-18)9-22-14(10)13/h3-7H,8-9H2,1-2H3/b11-6+. The number of carbonyl (C=O) groups is 1. The van der Waals surface area contributed by atoms with E-state index in [2.05, 4.69) is 10.3 Å². The van der Waals surface area contributed by atoms with Gasteiger partial charge in [0.1, 0.15) is 6.61 Å². The first kappa shape index (κ1) is 14.1. The van der Waals surface area contributed by atoms with Crippen LogP contribution < -0.4 is 9.47 Å². The Balaban J connectivity index is 2.14. The summed E-state index contributed by atoms with van der Waals surface area (Å²) in [4.78, 5) is 12.0. The predicted octanol–water partition coefficient (Wildman–Crippen LogP) is 1.44. The van der Waals surface area contributed by atoms with E-state index in [9.17, 15) is 4.79 Å². The monoisotopic (exact) mass is 301 g/mol. The first-order valence-corrected chi connectivity index (χ1v) is 6.69. The molecule has 1 aliphatic rings. The van der Waals surface area contributed by atoms with Crippen molar-refractivity contribution in [2.45, 2.75) is 13.2 Å². The van der Waals surface area contributed by atoms with E-state index in [4.69, 9.17) is 14.2 Å². The number of methoxy groups -OCH3 is 2. The second-order valence-corrected chi connectivity index (χ2v) is 4.71. The first-order valence-electron chi connectivity index (χ1n) is 6.69. The van der Waals surface area contributed by atoms with Crippen molar-refractivity contribution in [3.8, 4) is 11.5 Å². The minimum absolute atomic E-state index is 0.266. The Hall–Kier alpha value is -2.83. The highest BCUT2D eigenvalue weighted by Gasteiger charge is 2.19. The van der Waals surface area contributed by atoms with Crippen LogP contribution in [-0.2, 0) is 22.7 Å². The fraction of sp³-hybridized carbons (Fsp3) is 0.267. The maximum absolute atomic E-state index is 12.0. The zero-order chi connectivity index (χ0) is 15.5. The number of benzene rings is 1. The smallest absolute Gasteiger partial charge is 0.335 e. The summed E-state index contributed by atoms with van der Waals surface area (Å²) >= 11 is 0. The van der Waals surface area contributed by atoms with Crippen molar-refractivity contribution >= 4 is 12.0 Å². The average molecular weight is 301 g/mol. The maximum Gasteiger partial charge on any atom is 0.335 e. The molecule has 1 aromatic heterocycles. The SMILES string of the molecule is COC(=O)/C1=C/c2cccc(OC)c2OCc2cnnn2C1. The number of ether oxygens (including phenoxy) is 3. The molecule has 0 N–H and O–H groups in total. The molecule has 0 fully saturated rings. The van der Waals surface area contributed by atoms with Crippen LogP contribution in [0.3, 0.4) is 0 Å². The molecule has 0 saturated carbocycles. The molecule has 0 saturated heterocycles. The second kappa shape index (κ2) is 5.88. The highest BCUT2D eigenvalue weighted by atomic mass is 16.5. The predicted molar refractivity (Wildman–Crippen MR) is 77.3 cm³/mol. The van der Waals surface area contributed by atoms with Crippen LogP contribution in [0.15, 0.2) is 30.0 Å². The van der Waals surface area contributed by atoms with E-state index in [0.717, 1.165) is 11.3 Å². The lowest BCUT2D eigenvalue weighted by molar-refractivity contribution is -0.136. The molecule has 0 spiro atoms. The number of fused-ring (bicyclic) bond motifs is 2. The maximum atomic E-state index is 12.0. The van der Waals surface area contributed by atoms with Crippen molar-refractivity contribution < 1.29 is 19.0 Å². The van der Waals surface area contributed by atoms with E-state index in [0.29, 0.717) is 17.1 Å². The van der Waals surface area contributed by atoms with Crippen LogP contribution in [0, 0.1) is 0 Å². The highest BCUT2D eigenvalue weighted by molar-refractivity contribution is 5.94. The van der Waals surface area contributed by atoms with Crippen LogP contribution in [0.5, 0.6) is 11.5 Å². The molecule has 0 atom stereocenters.